The van der Waals surface area contributed by atoms with Crippen molar-refractivity contribution in [3.8, 4) is 0 Å². The van der Waals surface area contributed by atoms with Crippen LogP contribution in [0.1, 0.15) is 29.3 Å². The van der Waals surface area contributed by atoms with E-state index >= 15 is 0 Å². The standard InChI is InChI=1S/C14H19NO3S/c1-9-4-5-11(19-3)8-12(9)13(16)15-7-6-10(2)14(17)18/h4-5,8,10H,6-7H2,1-3H3,(H,15,16)(H,17,18). The van der Waals surface area contributed by atoms with Gasteiger partial charge in [0.1, 0.15) is 0 Å². The van der Waals surface area contributed by atoms with Crippen LogP contribution in [0.5, 0.6) is 0 Å². The molecule has 1 aromatic carbocycles. The fourth-order valence-electron chi connectivity index (χ4n) is 1.59. The topological polar surface area (TPSA) is 66.4 Å². The van der Waals surface area contributed by atoms with Crippen LogP contribution in [0.3, 0.4) is 0 Å². The lowest BCUT2D eigenvalue weighted by atomic mass is 10.1. The molecule has 1 unspecified atom stereocenters. The largest absolute Gasteiger partial charge is 0.481 e. The molecule has 1 aromatic rings. The van der Waals surface area contributed by atoms with Gasteiger partial charge in [0.25, 0.3) is 5.91 Å². The second-order valence-corrected chi connectivity index (χ2v) is 5.34. The molecule has 0 aliphatic carbocycles. The zero-order valence-electron chi connectivity index (χ0n) is 11.4. The van der Waals surface area contributed by atoms with Gasteiger partial charge in [0.05, 0.1) is 5.92 Å². The first-order chi connectivity index (χ1) is 8.95. The molecular weight excluding hydrogens is 262 g/mol. The van der Waals surface area contributed by atoms with Crippen molar-refractivity contribution in [2.24, 2.45) is 5.92 Å². The van der Waals surface area contributed by atoms with E-state index in [1.54, 1.807) is 18.7 Å². The Kier molecular flexibility index (Phi) is 5.89. The van der Waals surface area contributed by atoms with Crippen molar-refractivity contribution in [1.29, 1.82) is 0 Å². The zero-order chi connectivity index (χ0) is 14.4. The molecule has 5 heteroatoms. The highest BCUT2D eigenvalue weighted by Crippen LogP contribution is 2.19. The third-order valence-electron chi connectivity index (χ3n) is 2.97. The number of carbonyl (C=O) groups is 2. The van der Waals surface area contributed by atoms with E-state index in [1.165, 1.54) is 0 Å². The predicted molar refractivity (Wildman–Crippen MR) is 76.7 cm³/mol. The quantitative estimate of drug-likeness (QED) is 0.786. The molecule has 1 atom stereocenters. The summed E-state index contributed by atoms with van der Waals surface area (Å²) >= 11 is 1.58. The Morgan fingerprint density at radius 1 is 1.42 bits per heavy atom. The Balaban J connectivity index is 2.61. The van der Waals surface area contributed by atoms with E-state index in [1.807, 2.05) is 31.4 Å². The molecule has 4 nitrogen and oxygen atoms in total. The number of benzene rings is 1. The van der Waals surface area contributed by atoms with Crippen molar-refractivity contribution in [2.75, 3.05) is 12.8 Å². The first-order valence-electron chi connectivity index (χ1n) is 6.11. The molecule has 19 heavy (non-hydrogen) atoms. The highest BCUT2D eigenvalue weighted by Gasteiger charge is 2.13. The van der Waals surface area contributed by atoms with E-state index in [-0.39, 0.29) is 5.91 Å². The number of carbonyl (C=O) groups excluding carboxylic acids is 1. The molecule has 0 aliphatic heterocycles. The molecule has 0 saturated heterocycles. The van der Waals surface area contributed by atoms with Crippen LogP contribution >= 0.6 is 11.8 Å². The van der Waals surface area contributed by atoms with Gasteiger partial charge in [-0.2, -0.15) is 0 Å². The molecular formula is C14H19NO3S. The molecule has 0 heterocycles. The molecule has 1 amide bonds. The van der Waals surface area contributed by atoms with E-state index in [0.717, 1.165) is 10.5 Å². The van der Waals surface area contributed by atoms with Crippen molar-refractivity contribution in [3.05, 3.63) is 29.3 Å². The maximum atomic E-state index is 12.0. The van der Waals surface area contributed by atoms with E-state index in [0.29, 0.717) is 18.5 Å². The summed E-state index contributed by atoms with van der Waals surface area (Å²) in [6.07, 6.45) is 2.39. The Morgan fingerprint density at radius 3 is 2.68 bits per heavy atom. The van der Waals surface area contributed by atoms with Crippen molar-refractivity contribution in [3.63, 3.8) is 0 Å². The molecule has 1 rings (SSSR count). The number of aryl methyl sites for hydroxylation is 1. The molecule has 0 radical (unpaired) electrons. The van der Waals surface area contributed by atoms with Gasteiger partial charge in [-0.05, 0) is 37.3 Å². The second kappa shape index (κ2) is 7.19. The van der Waals surface area contributed by atoms with Crippen LogP contribution in [0, 0.1) is 12.8 Å². The highest BCUT2D eigenvalue weighted by molar-refractivity contribution is 7.98. The van der Waals surface area contributed by atoms with Gasteiger partial charge in [0.2, 0.25) is 0 Å². The summed E-state index contributed by atoms with van der Waals surface area (Å²) in [5, 5.41) is 11.5. The van der Waals surface area contributed by atoms with Crippen molar-refractivity contribution < 1.29 is 14.7 Å². The van der Waals surface area contributed by atoms with E-state index < -0.39 is 11.9 Å². The van der Waals surface area contributed by atoms with Gasteiger partial charge in [-0.25, -0.2) is 0 Å². The highest BCUT2D eigenvalue weighted by atomic mass is 32.2. The molecule has 0 aliphatic rings. The number of hydrogen-bond donors (Lipinski definition) is 2. The SMILES string of the molecule is CSc1ccc(C)c(C(=O)NCCC(C)C(=O)O)c1. The molecule has 0 bridgehead atoms. The maximum absolute atomic E-state index is 12.0. The second-order valence-electron chi connectivity index (χ2n) is 4.46. The Labute approximate surface area is 117 Å². The lowest BCUT2D eigenvalue weighted by Crippen LogP contribution is -2.27. The van der Waals surface area contributed by atoms with Gasteiger partial charge in [-0.3, -0.25) is 9.59 Å². The molecule has 0 saturated carbocycles. The van der Waals surface area contributed by atoms with Crippen molar-refractivity contribution in [2.45, 2.75) is 25.2 Å². The smallest absolute Gasteiger partial charge is 0.306 e. The van der Waals surface area contributed by atoms with Gasteiger partial charge in [0, 0.05) is 17.0 Å². The average Bonchev–Trinajstić information content (AvgIpc) is 2.38. The molecule has 0 aromatic heterocycles. The fourth-order valence-corrected chi connectivity index (χ4v) is 2.03. The Bertz CT molecular complexity index is 474. The summed E-state index contributed by atoms with van der Waals surface area (Å²) in [7, 11) is 0. The molecule has 104 valence electrons. The lowest BCUT2D eigenvalue weighted by Gasteiger charge is -2.10. The number of aliphatic carboxylic acids is 1. The number of hydrogen-bond acceptors (Lipinski definition) is 3. The van der Waals surface area contributed by atoms with Crippen LogP contribution in [0.2, 0.25) is 0 Å². The third kappa shape index (κ3) is 4.59. The first-order valence-corrected chi connectivity index (χ1v) is 7.33. The molecule has 2 N–H and O–H groups in total. The summed E-state index contributed by atoms with van der Waals surface area (Å²) in [5.41, 5.74) is 1.57. The number of carboxylic acid groups (broad SMARTS) is 1. The summed E-state index contributed by atoms with van der Waals surface area (Å²) < 4.78 is 0. The normalized spacial score (nSPS) is 11.9. The van der Waals surface area contributed by atoms with E-state index in [9.17, 15) is 9.59 Å². The van der Waals surface area contributed by atoms with Crippen LogP contribution in [0.25, 0.3) is 0 Å². The van der Waals surface area contributed by atoms with Gasteiger partial charge in [-0.1, -0.05) is 13.0 Å². The molecule has 0 spiro atoms. The van der Waals surface area contributed by atoms with Crippen LogP contribution in [-0.4, -0.2) is 29.8 Å². The summed E-state index contributed by atoms with van der Waals surface area (Å²) in [6, 6.07) is 5.75. The lowest BCUT2D eigenvalue weighted by molar-refractivity contribution is -0.141. The van der Waals surface area contributed by atoms with Crippen LogP contribution in [0.15, 0.2) is 23.1 Å². The number of amides is 1. The summed E-state index contributed by atoms with van der Waals surface area (Å²) in [5.74, 6) is -1.43. The van der Waals surface area contributed by atoms with E-state index in [4.69, 9.17) is 5.11 Å². The maximum Gasteiger partial charge on any atom is 0.306 e. The van der Waals surface area contributed by atoms with Gasteiger partial charge in [-0.15, -0.1) is 11.8 Å². The van der Waals surface area contributed by atoms with Crippen LogP contribution in [-0.2, 0) is 4.79 Å². The van der Waals surface area contributed by atoms with E-state index in [2.05, 4.69) is 5.32 Å². The monoisotopic (exact) mass is 281 g/mol. The minimum Gasteiger partial charge on any atom is -0.481 e. The first kappa shape index (κ1) is 15.6. The van der Waals surface area contributed by atoms with Crippen LogP contribution in [0.4, 0.5) is 0 Å². The third-order valence-corrected chi connectivity index (χ3v) is 3.70. The summed E-state index contributed by atoms with van der Waals surface area (Å²) in [4.78, 5) is 23.7. The zero-order valence-corrected chi connectivity index (χ0v) is 12.2. The minimum atomic E-state index is -0.838. The van der Waals surface area contributed by atoms with Crippen molar-refractivity contribution in [1.82, 2.24) is 5.32 Å². The van der Waals surface area contributed by atoms with Gasteiger partial charge in [0.15, 0.2) is 0 Å². The fraction of sp³-hybridized carbons (Fsp3) is 0.429. The number of rotatable bonds is 6. The van der Waals surface area contributed by atoms with Crippen LogP contribution < -0.4 is 5.32 Å². The minimum absolute atomic E-state index is 0.147. The Hall–Kier alpha value is -1.49. The number of carboxylic acids is 1. The predicted octanol–water partition coefficient (Wildman–Crippen LogP) is 2.56. The summed E-state index contributed by atoms with van der Waals surface area (Å²) in [6.45, 7) is 3.89. The Morgan fingerprint density at radius 2 is 2.11 bits per heavy atom. The van der Waals surface area contributed by atoms with Gasteiger partial charge < -0.3 is 10.4 Å². The average molecular weight is 281 g/mol. The molecule has 0 fully saturated rings. The number of nitrogens with one attached hydrogen (secondary N) is 1. The number of thioether (sulfide) groups is 1. The van der Waals surface area contributed by atoms with Crippen molar-refractivity contribution >= 4 is 23.6 Å². The van der Waals surface area contributed by atoms with Gasteiger partial charge >= 0.3 is 5.97 Å².